The van der Waals surface area contributed by atoms with Crippen LogP contribution >= 0.6 is 0 Å². The van der Waals surface area contributed by atoms with Gasteiger partial charge in [-0.15, -0.1) is 0 Å². The molecule has 17 heavy (non-hydrogen) atoms. The molecule has 2 aromatic carbocycles. The zero-order valence-corrected chi connectivity index (χ0v) is 9.14. The van der Waals surface area contributed by atoms with Crippen molar-refractivity contribution in [3.8, 4) is 0 Å². The fourth-order valence-electron chi connectivity index (χ4n) is 1.88. The summed E-state index contributed by atoms with van der Waals surface area (Å²) in [5.41, 5.74) is 7.57. The van der Waals surface area contributed by atoms with Gasteiger partial charge in [-0.1, -0.05) is 36.4 Å². The summed E-state index contributed by atoms with van der Waals surface area (Å²) in [4.78, 5) is 0. The Morgan fingerprint density at radius 3 is 2.65 bits per heavy atom. The Morgan fingerprint density at radius 1 is 1.00 bits per heavy atom. The molecule has 4 N–H and O–H groups in total. The second kappa shape index (κ2) is 3.83. The molecule has 0 bridgehead atoms. The van der Waals surface area contributed by atoms with Crippen LogP contribution in [-0.4, -0.2) is 10.2 Å². The van der Waals surface area contributed by atoms with E-state index in [2.05, 4.69) is 33.7 Å². The van der Waals surface area contributed by atoms with Gasteiger partial charge < -0.3 is 11.1 Å². The Morgan fingerprint density at radius 2 is 1.82 bits per heavy atom. The van der Waals surface area contributed by atoms with Crippen LogP contribution in [0.15, 0.2) is 48.7 Å². The number of nitrogens with zero attached hydrogens (tertiary/aromatic N) is 1. The second-order valence-corrected chi connectivity index (χ2v) is 3.85. The Labute approximate surface area is 98.5 Å². The topological polar surface area (TPSA) is 66.7 Å². The molecule has 0 saturated carbocycles. The second-order valence-electron chi connectivity index (χ2n) is 3.85. The van der Waals surface area contributed by atoms with Gasteiger partial charge in [0.2, 0.25) is 0 Å². The summed E-state index contributed by atoms with van der Waals surface area (Å²) in [5, 5.41) is 12.2. The Balaban J connectivity index is 2.09. The molecular weight excluding hydrogens is 212 g/mol. The van der Waals surface area contributed by atoms with Crippen LogP contribution in [0, 0.1) is 0 Å². The quantitative estimate of drug-likeness (QED) is 0.627. The lowest BCUT2D eigenvalue weighted by Crippen LogP contribution is -1.94. The highest BCUT2D eigenvalue weighted by Gasteiger charge is 2.04. The fourth-order valence-corrected chi connectivity index (χ4v) is 1.88. The number of nitrogens with two attached hydrogens (primary N) is 1. The molecule has 0 atom stereocenters. The third kappa shape index (κ3) is 1.69. The maximum absolute atomic E-state index is 5.75. The number of hydrogen-bond donors (Lipinski definition) is 3. The van der Waals surface area contributed by atoms with Gasteiger partial charge in [0.1, 0.15) is 11.5 Å². The van der Waals surface area contributed by atoms with Gasteiger partial charge in [-0.2, -0.15) is 5.10 Å². The van der Waals surface area contributed by atoms with Crippen molar-refractivity contribution in [2.45, 2.75) is 0 Å². The van der Waals surface area contributed by atoms with Gasteiger partial charge in [-0.05, 0) is 11.5 Å². The molecule has 4 heteroatoms. The van der Waals surface area contributed by atoms with Crippen molar-refractivity contribution in [3.05, 3.63) is 48.7 Å². The van der Waals surface area contributed by atoms with Crippen LogP contribution in [0.3, 0.4) is 0 Å². The molecular formula is C13H12N4. The van der Waals surface area contributed by atoms with Gasteiger partial charge in [0.05, 0.1) is 6.20 Å². The minimum Gasteiger partial charge on any atom is -0.382 e. The molecule has 4 nitrogen and oxygen atoms in total. The van der Waals surface area contributed by atoms with Crippen LogP contribution in [0.2, 0.25) is 0 Å². The lowest BCUT2D eigenvalue weighted by molar-refractivity contribution is 1.10. The van der Waals surface area contributed by atoms with Gasteiger partial charge in [-0.25, -0.2) is 0 Å². The van der Waals surface area contributed by atoms with Crippen LogP contribution in [0.5, 0.6) is 0 Å². The zero-order valence-electron chi connectivity index (χ0n) is 9.14. The van der Waals surface area contributed by atoms with E-state index in [1.54, 1.807) is 6.20 Å². The third-order valence-corrected chi connectivity index (χ3v) is 2.73. The van der Waals surface area contributed by atoms with Crippen LogP contribution in [-0.2, 0) is 0 Å². The lowest BCUT2D eigenvalue weighted by atomic mass is 10.1. The number of fused-ring (bicyclic) bond motifs is 1. The van der Waals surface area contributed by atoms with E-state index in [0.29, 0.717) is 5.82 Å². The normalized spacial score (nSPS) is 10.6. The predicted molar refractivity (Wildman–Crippen MR) is 70.2 cm³/mol. The molecule has 1 heterocycles. The highest BCUT2D eigenvalue weighted by atomic mass is 15.2. The zero-order chi connectivity index (χ0) is 11.7. The maximum atomic E-state index is 5.75. The standard InChI is InChI=1S/C13H12N4/c14-13-12(8-15-17-13)16-11-7-3-5-9-4-1-2-6-10(9)11/h1-8,16H,(H3,14,15,17). The van der Waals surface area contributed by atoms with E-state index in [4.69, 9.17) is 5.73 Å². The lowest BCUT2D eigenvalue weighted by Gasteiger charge is -2.08. The number of nitrogens with one attached hydrogen (secondary N) is 2. The largest absolute Gasteiger partial charge is 0.382 e. The summed E-state index contributed by atoms with van der Waals surface area (Å²) in [7, 11) is 0. The van der Waals surface area contributed by atoms with Gasteiger partial charge in [0.25, 0.3) is 0 Å². The van der Waals surface area contributed by atoms with Crippen molar-refractivity contribution >= 4 is 28.0 Å². The average Bonchev–Trinajstić information content (AvgIpc) is 2.76. The van der Waals surface area contributed by atoms with Crippen molar-refractivity contribution in [1.29, 1.82) is 0 Å². The molecule has 3 aromatic rings. The van der Waals surface area contributed by atoms with Crippen molar-refractivity contribution in [2.24, 2.45) is 0 Å². The van der Waals surface area contributed by atoms with Crippen LogP contribution in [0.25, 0.3) is 10.8 Å². The highest BCUT2D eigenvalue weighted by Crippen LogP contribution is 2.27. The number of anilines is 3. The Hall–Kier alpha value is -2.49. The van der Waals surface area contributed by atoms with E-state index in [1.165, 1.54) is 5.39 Å². The first kappa shape index (κ1) is 9.72. The summed E-state index contributed by atoms with van der Waals surface area (Å²) in [6, 6.07) is 14.3. The average molecular weight is 224 g/mol. The molecule has 0 saturated heterocycles. The monoisotopic (exact) mass is 224 g/mol. The number of aromatic amines is 1. The predicted octanol–water partition coefficient (Wildman–Crippen LogP) is 2.89. The van der Waals surface area contributed by atoms with Crippen molar-refractivity contribution in [1.82, 2.24) is 10.2 Å². The number of H-pyrrole nitrogens is 1. The molecule has 3 rings (SSSR count). The summed E-state index contributed by atoms with van der Waals surface area (Å²) in [6.07, 6.45) is 1.68. The van der Waals surface area contributed by atoms with E-state index in [-0.39, 0.29) is 0 Å². The molecule has 84 valence electrons. The van der Waals surface area contributed by atoms with Crippen molar-refractivity contribution < 1.29 is 0 Å². The highest BCUT2D eigenvalue weighted by molar-refractivity contribution is 5.95. The van der Waals surface area contributed by atoms with Crippen molar-refractivity contribution in [2.75, 3.05) is 11.1 Å². The molecule has 1 aromatic heterocycles. The number of aromatic nitrogens is 2. The molecule has 0 fully saturated rings. The minimum absolute atomic E-state index is 0.540. The Bertz CT molecular complexity index is 652. The van der Waals surface area contributed by atoms with Crippen LogP contribution < -0.4 is 11.1 Å². The van der Waals surface area contributed by atoms with E-state index in [0.717, 1.165) is 16.8 Å². The molecule has 0 unspecified atom stereocenters. The number of rotatable bonds is 2. The van der Waals surface area contributed by atoms with E-state index < -0.39 is 0 Å². The van der Waals surface area contributed by atoms with Crippen molar-refractivity contribution in [3.63, 3.8) is 0 Å². The van der Waals surface area contributed by atoms with Crippen LogP contribution in [0.4, 0.5) is 17.2 Å². The molecule has 0 amide bonds. The summed E-state index contributed by atoms with van der Waals surface area (Å²) in [6.45, 7) is 0. The smallest absolute Gasteiger partial charge is 0.143 e. The van der Waals surface area contributed by atoms with Gasteiger partial charge >= 0.3 is 0 Å². The molecule has 0 aliphatic rings. The van der Waals surface area contributed by atoms with E-state index in [9.17, 15) is 0 Å². The Kier molecular flexibility index (Phi) is 2.19. The van der Waals surface area contributed by atoms with E-state index >= 15 is 0 Å². The summed E-state index contributed by atoms with van der Waals surface area (Å²) < 4.78 is 0. The van der Waals surface area contributed by atoms with E-state index in [1.807, 2.05) is 24.3 Å². The van der Waals surface area contributed by atoms with Gasteiger partial charge in [-0.3, -0.25) is 5.10 Å². The number of nitrogen functional groups attached to an aromatic ring is 1. The molecule has 0 aliphatic carbocycles. The first-order valence-corrected chi connectivity index (χ1v) is 5.38. The third-order valence-electron chi connectivity index (χ3n) is 2.73. The van der Waals surface area contributed by atoms with Crippen LogP contribution in [0.1, 0.15) is 0 Å². The first-order valence-electron chi connectivity index (χ1n) is 5.38. The summed E-state index contributed by atoms with van der Waals surface area (Å²) >= 11 is 0. The maximum Gasteiger partial charge on any atom is 0.143 e. The first-order chi connectivity index (χ1) is 8.34. The SMILES string of the molecule is Nc1[nH]ncc1Nc1cccc2ccccc12. The number of hydrogen-bond acceptors (Lipinski definition) is 3. The summed E-state index contributed by atoms with van der Waals surface area (Å²) in [5.74, 6) is 0.540. The number of benzene rings is 2. The van der Waals surface area contributed by atoms with Gasteiger partial charge in [0, 0.05) is 11.1 Å². The minimum atomic E-state index is 0.540. The molecule has 0 spiro atoms. The molecule has 0 aliphatic heterocycles. The van der Waals surface area contributed by atoms with Gasteiger partial charge in [0.15, 0.2) is 0 Å². The fraction of sp³-hybridized carbons (Fsp3) is 0. The molecule has 0 radical (unpaired) electrons.